The number of rotatable bonds is 3. The summed E-state index contributed by atoms with van der Waals surface area (Å²) in [7, 11) is 0. The van der Waals surface area contributed by atoms with E-state index in [-0.39, 0.29) is 16.9 Å². The van der Waals surface area contributed by atoms with Gasteiger partial charge in [0, 0.05) is 5.56 Å². The average Bonchev–Trinajstić information content (AvgIpc) is 2.28. The van der Waals surface area contributed by atoms with Crippen molar-refractivity contribution in [1.82, 2.24) is 0 Å². The maximum absolute atomic E-state index is 11.8. The van der Waals surface area contributed by atoms with Crippen LogP contribution in [-0.2, 0) is 9.53 Å². The number of benzene rings is 1. The second-order valence-electron chi connectivity index (χ2n) is 5.11. The second kappa shape index (κ2) is 5.75. The molecule has 0 aliphatic rings. The van der Waals surface area contributed by atoms with Crippen molar-refractivity contribution in [3.05, 3.63) is 40.4 Å². The first-order valence-electron chi connectivity index (χ1n) is 5.71. The molecular weight excluding hydrogens is 312 g/mol. The zero-order valence-corrected chi connectivity index (χ0v) is 12.7. The molecule has 19 heavy (non-hydrogen) atoms. The number of aliphatic hydroxyl groups excluding tert-OH is 1. The molecule has 0 heterocycles. The van der Waals surface area contributed by atoms with Crippen molar-refractivity contribution in [2.45, 2.75) is 32.5 Å². The topological polar surface area (TPSA) is 66.8 Å². The molecule has 104 valence electrons. The minimum Gasteiger partial charge on any atom is -0.506 e. The normalized spacial score (nSPS) is 12.9. The van der Waals surface area contributed by atoms with Gasteiger partial charge in [-0.05, 0) is 42.8 Å². The molecule has 1 aromatic carbocycles. The van der Waals surface area contributed by atoms with Crippen LogP contribution in [0.25, 0.3) is 0 Å². The van der Waals surface area contributed by atoms with Gasteiger partial charge in [0.05, 0.1) is 10.0 Å². The Morgan fingerprint density at radius 2 is 2.00 bits per heavy atom. The Hall–Kier alpha value is -1.33. The van der Waals surface area contributed by atoms with Gasteiger partial charge in [0.2, 0.25) is 0 Å². The van der Waals surface area contributed by atoms with E-state index in [4.69, 9.17) is 4.74 Å². The zero-order valence-electron chi connectivity index (χ0n) is 11.1. The number of ether oxygens (including phenoxy) is 1. The van der Waals surface area contributed by atoms with Gasteiger partial charge in [0.1, 0.15) is 17.5 Å². The summed E-state index contributed by atoms with van der Waals surface area (Å²) in [4.78, 5) is 11.8. The minimum atomic E-state index is -1.31. The number of phenols is 1. The molecule has 5 heteroatoms. The fraction of sp³-hybridized carbons (Fsp3) is 0.357. The van der Waals surface area contributed by atoms with E-state index in [1.165, 1.54) is 6.07 Å². The monoisotopic (exact) mass is 328 g/mol. The first-order chi connectivity index (χ1) is 8.63. The Bertz CT molecular complexity index is 503. The number of aliphatic hydroxyl groups is 1. The molecule has 0 fully saturated rings. The molecular formula is C14H17BrO4. The van der Waals surface area contributed by atoms with Gasteiger partial charge in [0.25, 0.3) is 0 Å². The van der Waals surface area contributed by atoms with Crippen LogP contribution >= 0.6 is 15.9 Å². The molecule has 1 atom stereocenters. The van der Waals surface area contributed by atoms with E-state index in [1.54, 1.807) is 32.9 Å². The molecule has 0 aliphatic heterocycles. The van der Waals surface area contributed by atoms with Crippen LogP contribution < -0.4 is 0 Å². The summed E-state index contributed by atoms with van der Waals surface area (Å²) in [6.45, 7) is 8.70. The highest BCUT2D eigenvalue weighted by Gasteiger charge is 2.26. The van der Waals surface area contributed by atoms with Crippen molar-refractivity contribution < 1.29 is 19.7 Å². The lowest BCUT2D eigenvalue weighted by Crippen LogP contribution is -2.26. The van der Waals surface area contributed by atoms with Crippen molar-refractivity contribution in [3.63, 3.8) is 0 Å². The average molecular weight is 329 g/mol. The Kier molecular flexibility index (Phi) is 4.76. The van der Waals surface area contributed by atoms with Crippen LogP contribution in [-0.4, -0.2) is 21.8 Å². The summed E-state index contributed by atoms with van der Waals surface area (Å²) in [6, 6.07) is 4.78. The van der Waals surface area contributed by atoms with Gasteiger partial charge < -0.3 is 14.9 Å². The zero-order chi connectivity index (χ0) is 14.8. The van der Waals surface area contributed by atoms with Crippen molar-refractivity contribution in [1.29, 1.82) is 0 Å². The van der Waals surface area contributed by atoms with Crippen LogP contribution in [0.2, 0.25) is 0 Å². The molecule has 0 radical (unpaired) electrons. The smallest absolute Gasteiger partial charge is 0.336 e. The molecule has 0 aromatic heterocycles. The molecule has 0 aliphatic carbocycles. The first-order valence-corrected chi connectivity index (χ1v) is 6.50. The third kappa shape index (κ3) is 4.08. The highest BCUT2D eigenvalue weighted by atomic mass is 79.9. The summed E-state index contributed by atoms with van der Waals surface area (Å²) < 4.78 is 5.55. The van der Waals surface area contributed by atoms with E-state index in [0.29, 0.717) is 4.47 Å². The van der Waals surface area contributed by atoms with Crippen molar-refractivity contribution in [3.8, 4) is 5.75 Å². The summed E-state index contributed by atoms with van der Waals surface area (Å²) in [5, 5.41) is 19.9. The SMILES string of the molecule is C=C(C(=O)OC(C)(C)C)C(O)c1cccc(Br)c1O. The molecule has 2 N–H and O–H groups in total. The summed E-state index contributed by atoms with van der Waals surface area (Å²) >= 11 is 3.14. The standard InChI is InChI=1S/C14H17BrO4/c1-8(13(18)19-14(2,3)4)11(16)9-6-5-7-10(15)12(9)17/h5-7,11,16-17H,1H2,2-4H3. The Morgan fingerprint density at radius 3 is 2.53 bits per heavy atom. The van der Waals surface area contributed by atoms with Crippen molar-refractivity contribution >= 4 is 21.9 Å². The second-order valence-corrected chi connectivity index (χ2v) is 5.96. The molecule has 0 saturated carbocycles. The predicted octanol–water partition coefficient (Wildman–Crippen LogP) is 3.09. The van der Waals surface area contributed by atoms with Gasteiger partial charge in [-0.15, -0.1) is 0 Å². The van der Waals surface area contributed by atoms with E-state index >= 15 is 0 Å². The minimum absolute atomic E-state index is 0.122. The lowest BCUT2D eigenvalue weighted by atomic mass is 10.0. The number of esters is 1. The summed E-state index contributed by atoms with van der Waals surface area (Å²) in [6.07, 6.45) is -1.31. The van der Waals surface area contributed by atoms with Crippen molar-refractivity contribution in [2.75, 3.05) is 0 Å². The lowest BCUT2D eigenvalue weighted by molar-refractivity contribution is -0.151. The van der Waals surface area contributed by atoms with E-state index in [1.807, 2.05) is 0 Å². The van der Waals surface area contributed by atoms with Crippen LogP contribution in [0.4, 0.5) is 0 Å². The van der Waals surface area contributed by atoms with Crippen molar-refractivity contribution in [2.24, 2.45) is 0 Å². The van der Waals surface area contributed by atoms with Gasteiger partial charge >= 0.3 is 5.97 Å². The first kappa shape index (κ1) is 15.7. The van der Waals surface area contributed by atoms with Gasteiger partial charge in [-0.25, -0.2) is 4.79 Å². The predicted molar refractivity (Wildman–Crippen MR) is 75.8 cm³/mol. The lowest BCUT2D eigenvalue weighted by Gasteiger charge is -2.22. The third-order valence-electron chi connectivity index (χ3n) is 2.30. The molecule has 1 aromatic rings. The maximum atomic E-state index is 11.8. The van der Waals surface area contributed by atoms with Crippen LogP contribution in [0.5, 0.6) is 5.75 Å². The Balaban J connectivity index is 2.94. The van der Waals surface area contributed by atoms with E-state index < -0.39 is 17.7 Å². The number of carbonyl (C=O) groups is 1. The fourth-order valence-corrected chi connectivity index (χ4v) is 1.78. The maximum Gasteiger partial charge on any atom is 0.336 e. The van der Waals surface area contributed by atoms with Gasteiger partial charge in [-0.2, -0.15) is 0 Å². The summed E-state index contributed by atoms with van der Waals surface area (Å²) in [5.41, 5.74) is -0.590. The van der Waals surface area contributed by atoms with Gasteiger partial charge in [-0.3, -0.25) is 0 Å². The van der Waals surface area contributed by atoms with E-state index in [9.17, 15) is 15.0 Å². The molecule has 1 unspecified atom stereocenters. The Morgan fingerprint density at radius 1 is 1.42 bits per heavy atom. The molecule has 4 nitrogen and oxygen atoms in total. The number of hydrogen-bond donors (Lipinski definition) is 2. The molecule has 0 amide bonds. The number of para-hydroxylation sites is 1. The number of phenolic OH excluding ortho intramolecular Hbond substituents is 1. The van der Waals surface area contributed by atoms with Crippen LogP contribution in [0.3, 0.4) is 0 Å². The Labute approximate surface area is 120 Å². The van der Waals surface area contributed by atoms with Gasteiger partial charge in [-0.1, -0.05) is 18.7 Å². The van der Waals surface area contributed by atoms with Crippen LogP contribution in [0, 0.1) is 0 Å². The number of carbonyl (C=O) groups excluding carboxylic acids is 1. The largest absolute Gasteiger partial charge is 0.506 e. The van der Waals surface area contributed by atoms with E-state index in [2.05, 4.69) is 22.5 Å². The van der Waals surface area contributed by atoms with Crippen LogP contribution in [0.15, 0.2) is 34.8 Å². The number of hydrogen-bond acceptors (Lipinski definition) is 4. The fourth-order valence-electron chi connectivity index (χ4n) is 1.40. The third-order valence-corrected chi connectivity index (χ3v) is 2.94. The molecule has 0 saturated heterocycles. The quantitative estimate of drug-likeness (QED) is 0.661. The van der Waals surface area contributed by atoms with Gasteiger partial charge in [0.15, 0.2) is 0 Å². The highest BCUT2D eigenvalue weighted by Crippen LogP contribution is 2.34. The van der Waals surface area contributed by atoms with Crippen LogP contribution in [0.1, 0.15) is 32.4 Å². The molecule has 1 rings (SSSR count). The molecule has 0 spiro atoms. The van der Waals surface area contributed by atoms with E-state index in [0.717, 1.165) is 0 Å². The number of aromatic hydroxyl groups is 1. The summed E-state index contributed by atoms with van der Waals surface area (Å²) in [5.74, 6) is -0.820. The highest BCUT2D eigenvalue weighted by molar-refractivity contribution is 9.10. The molecule has 0 bridgehead atoms. The number of halogens is 1.